The zero-order valence-corrected chi connectivity index (χ0v) is 8.88. The summed E-state index contributed by atoms with van der Waals surface area (Å²) < 4.78 is 0. The summed E-state index contributed by atoms with van der Waals surface area (Å²) in [5, 5.41) is 6.14. The van der Waals surface area contributed by atoms with E-state index in [0.29, 0.717) is 25.0 Å². The molecule has 1 fully saturated rings. The SMILES string of the molecule is CCNC(=O)CCNC1CCC(N)C1. The Morgan fingerprint density at radius 2 is 2.29 bits per heavy atom. The van der Waals surface area contributed by atoms with Gasteiger partial charge in [0.2, 0.25) is 5.91 Å². The second-order valence-corrected chi connectivity index (χ2v) is 3.93. The lowest BCUT2D eigenvalue weighted by Gasteiger charge is -2.11. The number of nitrogens with one attached hydrogen (secondary N) is 2. The first kappa shape index (κ1) is 11.5. The van der Waals surface area contributed by atoms with Gasteiger partial charge in [-0.3, -0.25) is 4.79 Å². The second-order valence-electron chi connectivity index (χ2n) is 3.93. The third kappa shape index (κ3) is 4.07. The van der Waals surface area contributed by atoms with Crippen molar-refractivity contribution in [2.24, 2.45) is 5.73 Å². The van der Waals surface area contributed by atoms with Crippen LogP contribution in [0.4, 0.5) is 0 Å². The molecule has 0 spiro atoms. The summed E-state index contributed by atoms with van der Waals surface area (Å²) >= 11 is 0. The summed E-state index contributed by atoms with van der Waals surface area (Å²) in [5.74, 6) is 0.127. The van der Waals surface area contributed by atoms with Crippen molar-refractivity contribution in [1.29, 1.82) is 0 Å². The molecule has 0 heterocycles. The van der Waals surface area contributed by atoms with Gasteiger partial charge in [-0.1, -0.05) is 0 Å². The lowest BCUT2D eigenvalue weighted by Crippen LogP contribution is -2.33. The molecule has 0 radical (unpaired) electrons. The monoisotopic (exact) mass is 199 g/mol. The molecule has 14 heavy (non-hydrogen) atoms. The molecule has 0 aromatic heterocycles. The van der Waals surface area contributed by atoms with Crippen LogP contribution in [0.15, 0.2) is 0 Å². The molecule has 1 aliphatic carbocycles. The van der Waals surface area contributed by atoms with E-state index < -0.39 is 0 Å². The average Bonchev–Trinajstić information content (AvgIpc) is 2.52. The predicted octanol–water partition coefficient (Wildman–Crippen LogP) is -0.0180. The van der Waals surface area contributed by atoms with Crippen molar-refractivity contribution in [1.82, 2.24) is 10.6 Å². The zero-order chi connectivity index (χ0) is 10.4. The lowest BCUT2D eigenvalue weighted by molar-refractivity contribution is -0.120. The van der Waals surface area contributed by atoms with Crippen LogP contribution in [0.3, 0.4) is 0 Å². The number of rotatable bonds is 5. The molecule has 2 unspecified atom stereocenters. The molecule has 0 aromatic rings. The van der Waals surface area contributed by atoms with Gasteiger partial charge in [0.05, 0.1) is 0 Å². The van der Waals surface area contributed by atoms with Crippen molar-refractivity contribution in [2.75, 3.05) is 13.1 Å². The highest BCUT2D eigenvalue weighted by Gasteiger charge is 2.20. The van der Waals surface area contributed by atoms with Gasteiger partial charge in [0, 0.05) is 31.6 Å². The molecule has 82 valence electrons. The van der Waals surface area contributed by atoms with Crippen LogP contribution in [0, 0.1) is 0 Å². The molecule has 1 amide bonds. The fourth-order valence-corrected chi connectivity index (χ4v) is 1.88. The van der Waals surface area contributed by atoms with E-state index in [1.807, 2.05) is 6.92 Å². The Morgan fingerprint density at radius 3 is 2.86 bits per heavy atom. The summed E-state index contributed by atoms with van der Waals surface area (Å²) in [6, 6.07) is 0.886. The number of nitrogens with two attached hydrogens (primary N) is 1. The molecule has 0 aromatic carbocycles. The minimum Gasteiger partial charge on any atom is -0.356 e. The van der Waals surface area contributed by atoms with Crippen molar-refractivity contribution in [2.45, 2.75) is 44.7 Å². The first-order valence-electron chi connectivity index (χ1n) is 5.48. The Labute approximate surface area is 85.6 Å². The molecule has 1 aliphatic rings. The number of hydrogen-bond donors (Lipinski definition) is 3. The Hall–Kier alpha value is -0.610. The highest BCUT2D eigenvalue weighted by molar-refractivity contribution is 5.75. The zero-order valence-electron chi connectivity index (χ0n) is 8.88. The van der Waals surface area contributed by atoms with Gasteiger partial charge < -0.3 is 16.4 Å². The molecular weight excluding hydrogens is 178 g/mol. The molecule has 0 saturated heterocycles. The van der Waals surface area contributed by atoms with Gasteiger partial charge >= 0.3 is 0 Å². The number of carbonyl (C=O) groups is 1. The van der Waals surface area contributed by atoms with E-state index >= 15 is 0 Å². The second kappa shape index (κ2) is 5.98. The Bertz CT molecular complexity index is 184. The van der Waals surface area contributed by atoms with Crippen molar-refractivity contribution >= 4 is 5.91 Å². The minimum atomic E-state index is 0.127. The molecular formula is C10H21N3O. The quantitative estimate of drug-likeness (QED) is 0.583. The highest BCUT2D eigenvalue weighted by Crippen LogP contribution is 2.16. The Morgan fingerprint density at radius 1 is 1.50 bits per heavy atom. The molecule has 2 atom stereocenters. The van der Waals surface area contributed by atoms with Crippen LogP contribution in [0.1, 0.15) is 32.6 Å². The minimum absolute atomic E-state index is 0.127. The molecule has 0 bridgehead atoms. The smallest absolute Gasteiger partial charge is 0.221 e. The topological polar surface area (TPSA) is 67.2 Å². The van der Waals surface area contributed by atoms with Gasteiger partial charge in [0.1, 0.15) is 0 Å². The van der Waals surface area contributed by atoms with Crippen LogP contribution in [0.25, 0.3) is 0 Å². The van der Waals surface area contributed by atoms with Gasteiger partial charge in [-0.2, -0.15) is 0 Å². The van der Waals surface area contributed by atoms with E-state index in [9.17, 15) is 4.79 Å². The molecule has 1 saturated carbocycles. The average molecular weight is 199 g/mol. The van der Waals surface area contributed by atoms with E-state index in [1.165, 1.54) is 0 Å². The van der Waals surface area contributed by atoms with Gasteiger partial charge in [-0.15, -0.1) is 0 Å². The summed E-state index contributed by atoms with van der Waals surface area (Å²) in [5.41, 5.74) is 5.79. The maximum absolute atomic E-state index is 11.1. The van der Waals surface area contributed by atoms with Crippen LogP contribution in [-0.2, 0) is 4.79 Å². The van der Waals surface area contributed by atoms with E-state index in [-0.39, 0.29) is 5.91 Å². The van der Waals surface area contributed by atoms with E-state index in [0.717, 1.165) is 25.8 Å². The first-order chi connectivity index (χ1) is 6.72. The summed E-state index contributed by atoms with van der Waals surface area (Å²) in [4.78, 5) is 11.1. The normalized spacial score (nSPS) is 26.4. The summed E-state index contributed by atoms with van der Waals surface area (Å²) in [6.07, 6.45) is 3.88. The van der Waals surface area contributed by atoms with Gasteiger partial charge in [-0.05, 0) is 26.2 Å². The van der Waals surface area contributed by atoms with E-state index in [4.69, 9.17) is 5.73 Å². The molecule has 4 nitrogen and oxygen atoms in total. The van der Waals surface area contributed by atoms with Crippen molar-refractivity contribution in [3.8, 4) is 0 Å². The van der Waals surface area contributed by atoms with Crippen LogP contribution in [-0.4, -0.2) is 31.1 Å². The summed E-state index contributed by atoms with van der Waals surface area (Å²) in [7, 11) is 0. The van der Waals surface area contributed by atoms with Gasteiger partial charge in [0.15, 0.2) is 0 Å². The Kier molecular flexibility index (Phi) is 4.90. The van der Waals surface area contributed by atoms with Crippen LogP contribution < -0.4 is 16.4 Å². The fraction of sp³-hybridized carbons (Fsp3) is 0.900. The predicted molar refractivity (Wildman–Crippen MR) is 56.9 cm³/mol. The van der Waals surface area contributed by atoms with Crippen molar-refractivity contribution in [3.63, 3.8) is 0 Å². The standard InChI is InChI=1S/C10H21N3O/c1-2-12-10(14)5-6-13-9-4-3-8(11)7-9/h8-9,13H,2-7,11H2,1H3,(H,12,14). The molecule has 4 heteroatoms. The third-order valence-electron chi connectivity index (χ3n) is 2.63. The molecule has 0 aliphatic heterocycles. The molecule has 1 rings (SSSR count). The first-order valence-corrected chi connectivity index (χ1v) is 5.48. The largest absolute Gasteiger partial charge is 0.356 e. The van der Waals surface area contributed by atoms with Crippen LogP contribution >= 0.6 is 0 Å². The highest BCUT2D eigenvalue weighted by atomic mass is 16.1. The van der Waals surface area contributed by atoms with Gasteiger partial charge in [0.25, 0.3) is 0 Å². The third-order valence-corrected chi connectivity index (χ3v) is 2.63. The van der Waals surface area contributed by atoms with Crippen molar-refractivity contribution < 1.29 is 4.79 Å². The lowest BCUT2D eigenvalue weighted by atomic mass is 10.2. The number of amides is 1. The van der Waals surface area contributed by atoms with Crippen molar-refractivity contribution in [3.05, 3.63) is 0 Å². The number of carbonyl (C=O) groups excluding carboxylic acids is 1. The number of hydrogen-bond acceptors (Lipinski definition) is 3. The van der Waals surface area contributed by atoms with E-state index in [2.05, 4.69) is 10.6 Å². The van der Waals surface area contributed by atoms with Gasteiger partial charge in [-0.25, -0.2) is 0 Å². The molecule has 4 N–H and O–H groups in total. The fourth-order valence-electron chi connectivity index (χ4n) is 1.88. The van der Waals surface area contributed by atoms with Crippen LogP contribution in [0.2, 0.25) is 0 Å². The maximum Gasteiger partial charge on any atom is 0.221 e. The van der Waals surface area contributed by atoms with E-state index in [1.54, 1.807) is 0 Å². The maximum atomic E-state index is 11.1. The van der Waals surface area contributed by atoms with Crippen LogP contribution in [0.5, 0.6) is 0 Å². The Balaban J connectivity index is 2.01. The summed E-state index contributed by atoms with van der Waals surface area (Å²) in [6.45, 7) is 3.41.